The molecule has 1 atom stereocenters. The van der Waals surface area contributed by atoms with Gasteiger partial charge in [-0.05, 0) is 32.4 Å². The minimum absolute atomic E-state index is 0. The van der Waals surface area contributed by atoms with Crippen LogP contribution in [0.2, 0.25) is 0 Å². The number of benzene rings is 1. The quantitative estimate of drug-likeness (QED) is 0.194. The zero-order valence-electron chi connectivity index (χ0n) is 17.5. The number of guanidine groups is 1. The maximum Gasteiger partial charge on any atom is 0.191 e. The van der Waals surface area contributed by atoms with E-state index in [1.54, 1.807) is 31.1 Å². The molecule has 0 spiro atoms. The van der Waals surface area contributed by atoms with E-state index in [1.165, 1.54) is 0 Å². The van der Waals surface area contributed by atoms with Gasteiger partial charge in [0.05, 0.1) is 26.5 Å². The highest BCUT2D eigenvalue weighted by molar-refractivity contribution is 14.0. The molecular weight excluding hydrogens is 485 g/mol. The van der Waals surface area contributed by atoms with Crippen molar-refractivity contribution in [3.63, 3.8) is 0 Å². The second-order valence-corrected chi connectivity index (χ2v) is 6.68. The monoisotopic (exact) mass is 517 g/mol. The Kier molecular flexibility index (Phi) is 10.8. The van der Waals surface area contributed by atoms with Crippen LogP contribution in [0, 0.1) is 0 Å². The number of ether oxygens (including phenoxy) is 2. The molecule has 29 heavy (non-hydrogen) atoms. The number of rotatable bonds is 10. The van der Waals surface area contributed by atoms with Crippen molar-refractivity contribution in [2.45, 2.75) is 25.9 Å². The van der Waals surface area contributed by atoms with Gasteiger partial charge in [-0.25, -0.2) is 4.99 Å². The number of hydrogen-bond donors (Lipinski definition) is 3. The van der Waals surface area contributed by atoms with Gasteiger partial charge in [-0.15, -0.1) is 24.0 Å². The number of methoxy groups -OCH3 is 1. The van der Waals surface area contributed by atoms with Crippen molar-refractivity contribution < 1.29 is 14.6 Å². The maximum atomic E-state index is 10.6. The first-order valence-corrected chi connectivity index (χ1v) is 9.45. The molecule has 0 fully saturated rings. The summed E-state index contributed by atoms with van der Waals surface area (Å²) in [6, 6.07) is 7.55. The van der Waals surface area contributed by atoms with E-state index < -0.39 is 5.60 Å². The molecule has 0 bridgehead atoms. The molecule has 0 aliphatic heterocycles. The third kappa shape index (κ3) is 8.48. The predicted octanol–water partition coefficient (Wildman–Crippen LogP) is 2.28. The second kappa shape index (κ2) is 12.5. The van der Waals surface area contributed by atoms with Gasteiger partial charge < -0.3 is 25.2 Å². The molecule has 0 aliphatic carbocycles. The van der Waals surface area contributed by atoms with Gasteiger partial charge in [-0.2, -0.15) is 5.10 Å². The van der Waals surface area contributed by atoms with Crippen LogP contribution in [0.3, 0.4) is 0 Å². The Labute approximate surface area is 189 Å². The fraction of sp³-hybridized carbons (Fsp3) is 0.500. The minimum atomic E-state index is -1.08. The van der Waals surface area contributed by atoms with E-state index in [1.807, 2.05) is 38.2 Å². The summed E-state index contributed by atoms with van der Waals surface area (Å²) in [5.74, 6) is 2.22. The molecule has 2 rings (SSSR count). The fourth-order valence-electron chi connectivity index (χ4n) is 2.53. The van der Waals surface area contributed by atoms with Crippen LogP contribution in [0.4, 0.5) is 0 Å². The van der Waals surface area contributed by atoms with Gasteiger partial charge in [0.2, 0.25) is 0 Å². The van der Waals surface area contributed by atoms with Gasteiger partial charge in [0.1, 0.15) is 17.1 Å². The standard InChI is InChI=1S/C20H31N5O3.HI/c1-5-21-19(23-15-20(2,26)16-13-24-25(3)14-16)22-10-7-11-28-18-9-6-8-17(12-18)27-4;/h6,8-9,12-14,26H,5,7,10-11,15H2,1-4H3,(H2,21,22,23);1H. The number of aliphatic hydroxyl groups is 1. The average Bonchev–Trinajstić information content (AvgIpc) is 3.13. The molecule has 1 aromatic carbocycles. The van der Waals surface area contributed by atoms with Crippen molar-refractivity contribution >= 4 is 29.9 Å². The summed E-state index contributed by atoms with van der Waals surface area (Å²) >= 11 is 0. The summed E-state index contributed by atoms with van der Waals surface area (Å²) < 4.78 is 12.6. The summed E-state index contributed by atoms with van der Waals surface area (Å²) in [5.41, 5.74) is -0.340. The van der Waals surface area contributed by atoms with Gasteiger partial charge in [0, 0.05) is 38.0 Å². The number of aromatic nitrogens is 2. The molecule has 9 heteroatoms. The first-order chi connectivity index (χ1) is 13.4. The Morgan fingerprint density at radius 1 is 1.31 bits per heavy atom. The third-order valence-electron chi connectivity index (χ3n) is 4.14. The van der Waals surface area contributed by atoms with Crippen LogP contribution in [0.15, 0.2) is 41.7 Å². The van der Waals surface area contributed by atoms with E-state index in [4.69, 9.17) is 9.47 Å². The summed E-state index contributed by atoms with van der Waals surface area (Å²) in [5, 5.41) is 21.2. The van der Waals surface area contributed by atoms with Crippen LogP contribution in [0.1, 0.15) is 25.8 Å². The average molecular weight is 517 g/mol. The minimum Gasteiger partial charge on any atom is -0.497 e. The summed E-state index contributed by atoms with van der Waals surface area (Å²) in [6.45, 7) is 5.98. The van der Waals surface area contributed by atoms with Crippen molar-refractivity contribution in [3.05, 3.63) is 42.2 Å². The molecule has 0 saturated carbocycles. The third-order valence-corrected chi connectivity index (χ3v) is 4.14. The Hall–Kier alpha value is -2.01. The number of hydrogen-bond acceptors (Lipinski definition) is 5. The molecule has 162 valence electrons. The normalized spacial score (nSPS) is 13.2. The molecular formula is C20H32IN5O3. The predicted molar refractivity (Wildman–Crippen MR) is 125 cm³/mol. The Morgan fingerprint density at radius 2 is 2.07 bits per heavy atom. The van der Waals surface area contributed by atoms with Crippen LogP contribution in [0.25, 0.3) is 0 Å². The lowest BCUT2D eigenvalue weighted by molar-refractivity contribution is 0.0672. The zero-order valence-corrected chi connectivity index (χ0v) is 19.8. The highest BCUT2D eigenvalue weighted by Crippen LogP contribution is 2.20. The number of nitrogens with zero attached hydrogens (tertiary/aromatic N) is 3. The number of aliphatic imine (C=N–C) groups is 1. The lowest BCUT2D eigenvalue weighted by Crippen LogP contribution is -2.39. The van der Waals surface area contributed by atoms with Gasteiger partial charge >= 0.3 is 0 Å². The summed E-state index contributed by atoms with van der Waals surface area (Å²) in [4.78, 5) is 4.50. The molecule has 1 heterocycles. The van der Waals surface area contributed by atoms with Crippen molar-refractivity contribution in [1.29, 1.82) is 0 Å². The van der Waals surface area contributed by atoms with Gasteiger partial charge in [0.25, 0.3) is 0 Å². The lowest BCUT2D eigenvalue weighted by atomic mass is 10.0. The van der Waals surface area contributed by atoms with E-state index in [-0.39, 0.29) is 30.5 Å². The zero-order chi connectivity index (χ0) is 20.4. The molecule has 0 amide bonds. The number of nitrogens with one attached hydrogen (secondary N) is 2. The van der Waals surface area contributed by atoms with Crippen LogP contribution in [-0.2, 0) is 12.6 Å². The Bertz CT molecular complexity index is 764. The van der Waals surface area contributed by atoms with Crippen LogP contribution >= 0.6 is 24.0 Å². The van der Waals surface area contributed by atoms with Crippen LogP contribution in [0.5, 0.6) is 11.5 Å². The van der Waals surface area contributed by atoms with E-state index in [0.717, 1.165) is 30.0 Å². The highest BCUT2D eigenvalue weighted by atomic mass is 127. The number of halogens is 1. The van der Waals surface area contributed by atoms with E-state index in [2.05, 4.69) is 20.7 Å². The lowest BCUT2D eigenvalue weighted by Gasteiger charge is -2.20. The van der Waals surface area contributed by atoms with Crippen molar-refractivity contribution in [3.8, 4) is 11.5 Å². The topological polar surface area (TPSA) is 92.9 Å². The van der Waals surface area contributed by atoms with Crippen LogP contribution < -0.4 is 20.1 Å². The molecule has 3 N–H and O–H groups in total. The Morgan fingerprint density at radius 3 is 2.72 bits per heavy atom. The van der Waals surface area contributed by atoms with Gasteiger partial charge in [-0.3, -0.25) is 4.68 Å². The molecule has 8 nitrogen and oxygen atoms in total. The highest BCUT2D eigenvalue weighted by Gasteiger charge is 2.24. The fourth-order valence-corrected chi connectivity index (χ4v) is 2.53. The molecule has 0 radical (unpaired) electrons. The first-order valence-electron chi connectivity index (χ1n) is 9.45. The van der Waals surface area contributed by atoms with Crippen LogP contribution in [-0.4, -0.2) is 54.2 Å². The smallest absolute Gasteiger partial charge is 0.191 e. The van der Waals surface area contributed by atoms with Crippen molar-refractivity contribution in [2.24, 2.45) is 12.0 Å². The summed E-state index contributed by atoms with van der Waals surface area (Å²) in [6.07, 6.45) is 4.26. The molecule has 1 aromatic heterocycles. The molecule has 1 unspecified atom stereocenters. The first kappa shape index (κ1) is 25.0. The van der Waals surface area contributed by atoms with Crippen molar-refractivity contribution in [2.75, 3.05) is 33.4 Å². The van der Waals surface area contributed by atoms with Crippen molar-refractivity contribution in [1.82, 2.24) is 20.4 Å². The van der Waals surface area contributed by atoms with E-state index >= 15 is 0 Å². The molecule has 0 saturated heterocycles. The molecule has 0 aliphatic rings. The summed E-state index contributed by atoms with van der Waals surface area (Å²) in [7, 11) is 3.46. The maximum absolute atomic E-state index is 10.6. The second-order valence-electron chi connectivity index (χ2n) is 6.68. The van der Waals surface area contributed by atoms with E-state index in [0.29, 0.717) is 19.1 Å². The number of aryl methyl sites for hydroxylation is 1. The van der Waals surface area contributed by atoms with E-state index in [9.17, 15) is 5.11 Å². The van der Waals surface area contributed by atoms with Gasteiger partial charge in [0.15, 0.2) is 5.96 Å². The van der Waals surface area contributed by atoms with Gasteiger partial charge in [-0.1, -0.05) is 6.07 Å². The SMILES string of the molecule is CCNC(=NCC(C)(O)c1cnn(C)c1)NCCCOc1cccc(OC)c1.I. The Balaban J connectivity index is 0.00000420. The largest absolute Gasteiger partial charge is 0.497 e. The molecule has 2 aromatic rings.